The van der Waals surface area contributed by atoms with E-state index >= 15 is 0 Å². The first-order chi connectivity index (χ1) is 18.3. The zero-order valence-corrected chi connectivity index (χ0v) is 21.1. The molecular formula is C30H27N3O5. The van der Waals surface area contributed by atoms with E-state index in [9.17, 15) is 20.3 Å². The minimum Gasteiger partial charge on any atom is -0.494 e. The zero-order chi connectivity index (χ0) is 26.7. The Labute approximate surface area is 219 Å². The van der Waals surface area contributed by atoms with Gasteiger partial charge in [-0.05, 0) is 44.0 Å². The Balaban J connectivity index is 1.36. The van der Waals surface area contributed by atoms with E-state index in [4.69, 9.17) is 9.47 Å². The molecule has 3 heterocycles. The highest BCUT2D eigenvalue weighted by Crippen LogP contribution is 2.65. The summed E-state index contributed by atoms with van der Waals surface area (Å²) in [5.41, 5.74) is 1.40. The van der Waals surface area contributed by atoms with E-state index in [0.717, 1.165) is 10.8 Å². The van der Waals surface area contributed by atoms with Crippen LogP contribution < -0.4 is 10.1 Å². The normalized spacial score (nSPS) is 21.3. The van der Waals surface area contributed by atoms with Crippen LogP contribution in [0.5, 0.6) is 17.5 Å². The van der Waals surface area contributed by atoms with Crippen LogP contribution in [0.4, 0.5) is 5.69 Å². The number of hydrogen-bond acceptors (Lipinski definition) is 6. The van der Waals surface area contributed by atoms with Crippen molar-refractivity contribution in [2.45, 2.75) is 44.3 Å². The topological polar surface area (TPSA) is 117 Å². The maximum absolute atomic E-state index is 11.6. The van der Waals surface area contributed by atoms with E-state index in [1.165, 1.54) is 11.5 Å². The Morgan fingerprint density at radius 3 is 2.61 bits per heavy atom. The second-order valence-corrected chi connectivity index (χ2v) is 10.2. The Morgan fingerprint density at radius 2 is 1.84 bits per heavy atom. The Hall–Kier alpha value is -4.48. The summed E-state index contributed by atoms with van der Waals surface area (Å²) in [6.07, 6.45) is 1.84. The SMILES string of the molecule is CC(=O)Nc1cccc(OCC[C@]23CC[C@](C)(O2)c2c3c(O)n(-c3ccc(C#N)c4ccccc34)c2O)c1. The number of fused-ring (bicyclic) bond motifs is 6. The minimum absolute atomic E-state index is 0.0552. The van der Waals surface area contributed by atoms with Crippen molar-refractivity contribution in [3.63, 3.8) is 0 Å². The van der Waals surface area contributed by atoms with Crippen LogP contribution in [-0.2, 0) is 20.7 Å². The molecule has 1 saturated heterocycles. The Bertz CT molecular complexity index is 1650. The summed E-state index contributed by atoms with van der Waals surface area (Å²) in [5.74, 6) is 0.331. The molecule has 38 heavy (non-hydrogen) atoms. The third-order valence-electron chi connectivity index (χ3n) is 7.72. The van der Waals surface area contributed by atoms with Crippen LogP contribution in [0.15, 0.2) is 60.7 Å². The summed E-state index contributed by atoms with van der Waals surface area (Å²) in [4.78, 5) is 11.4. The Morgan fingerprint density at radius 1 is 1.08 bits per heavy atom. The molecule has 3 N–H and O–H groups in total. The number of aromatic hydroxyl groups is 2. The fourth-order valence-electron chi connectivity index (χ4n) is 6.11. The number of anilines is 1. The van der Waals surface area contributed by atoms with Crippen LogP contribution in [0.2, 0.25) is 0 Å². The fourth-order valence-corrected chi connectivity index (χ4v) is 6.11. The number of rotatable bonds is 6. The third-order valence-corrected chi connectivity index (χ3v) is 7.72. The van der Waals surface area contributed by atoms with Gasteiger partial charge in [-0.2, -0.15) is 5.26 Å². The molecule has 0 radical (unpaired) electrons. The average Bonchev–Trinajstić information content (AvgIpc) is 3.47. The van der Waals surface area contributed by atoms with Crippen LogP contribution in [0.25, 0.3) is 16.5 Å². The molecule has 6 rings (SSSR count). The van der Waals surface area contributed by atoms with Crippen molar-refractivity contribution in [3.05, 3.63) is 77.4 Å². The van der Waals surface area contributed by atoms with Gasteiger partial charge in [0, 0.05) is 35.9 Å². The number of nitriles is 1. The molecule has 1 amide bonds. The Kier molecular flexibility index (Phi) is 5.37. The molecule has 1 aromatic heterocycles. The van der Waals surface area contributed by atoms with Crippen molar-refractivity contribution in [1.82, 2.24) is 4.57 Å². The lowest BCUT2D eigenvalue weighted by atomic mass is 9.78. The summed E-state index contributed by atoms with van der Waals surface area (Å²) >= 11 is 0. The summed E-state index contributed by atoms with van der Waals surface area (Å²) in [6, 6.07) is 20.3. The number of nitrogens with zero attached hydrogens (tertiary/aromatic N) is 2. The van der Waals surface area contributed by atoms with Crippen molar-refractivity contribution < 1.29 is 24.5 Å². The lowest BCUT2D eigenvalue weighted by molar-refractivity contribution is -0.114. The van der Waals surface area contributed by atoms with Crippen LogP contribution in [-0.4, -0.2) is 27.3 Å². The van der Waals surface area contributed by atoms with E-state index in [0.29, 0.717) is 59.7 Å². The molecule has 2 atom stereocenters. The average molecular weight is 510 g/mol. The molecule has 192 valence electrons. The van der Waals surface area contributed by atoms with Crippen LogP contribution in [0, 0.1) is 11.3 Å². The van der Waals surface area contributed by atoms with E-state index in [2.05, 4.69) is 11.4 Å². The number of ether oxygens (including phenoxy) is 2. The molecule has 8 nitrogen and oxygen atoms in total. The van der Waals surface area contributed by atoms with Gasteiger partial charge in [-0.25, -0.2) is 0 Å². The number of carbonyl (C=O) groups is 1. The quantitative estimate of drug-likeness (QED) is 0.313. The lowest BCUT2D eigenvalue weighted by Gasteiger charge is -2.26. The number of aromatic nitrogens is 1. The predicted octanol–water partition coefficient (Wildman–Crippen LogP) is 5.58. The number of benzene rings is 3. The number of carbonyl (C=O) groups excluding carboxylic acids is 1. The van der Waals surface area contributed by atoms with Crippen molar-refractivity contribution in [2.75, 3.05) is 11.9 Å². The number of amides is 1. The predicted molar refractivity (Wildman–Crippen MR) is 142 cm³/mol. The summed E-state index contributed by atoms with van der Waals surface area (Å²) < 4.78 is 14.0. The molecular weight excluding hydrogens is 482 g/mol. The molecule has 3 aromatic carbocycles. The van der Waals surface area contributed by atoms with Gasteiger partial charge in [-0.1, -0.05) is 30.3 Å². The zero-order valence-electron chi connectivity index (χ0n) is 21.1. The fraction of sp³-hybridized carbons (Fsp3) is 0.267. The van der Waals surface area contributed by atoms with E-state index in [1.807, 2.05) is 43.3 Å². The van der Waals surface area contributed by atoms with E-state index in [1.54, 1.807) is 24.3 Å². The van der Waals surface area contributed by atoms with Gasteiger partial charge in [0.2, 0.25) is 17.7 Å². The molecule has 1 fully saturated rings. The molecule has 0 spiro atoms. The van der Waals surface area contributed by atoms with E-state index < -0.39 is 11.2 Å². The maximum Gasteiger partial charge on any atom is 0.221 e. The second-order valence-electron chi connectivity index (χ2n) is 10.2. The maximum atomic E-state index is 11.6. The first kappa shape index (κ1) is 23.9. The first-order valence-corrected chi connectivity index (χ1v) is 12.6. The first-order valence-electron chi connectivity index (χ1n) is 12.6. The molecule has 0 saturated carbocycles. The van der Waals surface area contributed by atoms with E-state index in [-0.39, 0.29) is 17.7 Å². The van der Waals surface area contributed by atoms with Crippen molar-refractivity contribution in [2.24, 2.45) is 0 Å². The van der Waals surface area contributed by atoms with Gasteiger partial charge >= 0.3 is 0 Å². The minimum atomic E-state index is -0.811. The summed E-state index contributed by atoms with van der Waals surface area (Å²) in [7, 11) is 0. The number of nitrogens with one attached hydrogen (secondary N) is 1. The van der Waals surface area contributed by atoms with Crippen LogP contribution >= 0.6 is 0 Å². The van der Waals surface area contributed by atoms with Gasteiger partial charge in [-0.15, -0.1) is 0 Å². The van der Waals surface area contributed by atoms with Gasteiger partial charge in [0.15, 0.2) is 0 Å². The molecule has 2 bridgehead atoms. The van der Waals surface area contributed by atoms with Gasteiger partial charge in [0.1, 0.15) is 11.4 Å². The van der Waals surface area contributed by atoms with Crippen LogP contribution in [0.3, 0.4) is 0 Å². The number of hydrogen-bond donors (Lipinski definition) is 3. The highest BCUT2D eigenvalue weighted by atomic mass is 16.5. The smallest absolute Gasteiger partial charge is 0.221 e. The summed E-state index contributed by atoms with van der Waals surface area (Å²) in [6.45, 7) is 3.70. The highest BCUT2D eigenvalue weighted by molar-refractivity contribution is 5.95. The largest absolute Gasteiger partial charge is 0.494 e. The molecule has 4 aromatic rings. The third kappa shape index (κ3) is 3.51. The van der Waals surface area contributed by atoms with Gasteiger partial charge in [0.05, 0.1) is 40.7 Å². The van der Waals surface area contributed by atoms with Crippen molar-refractivity contribution in [1.29, 1.82) is 5.26 Å². The molecule has 2 aliphatic rings. The van der Waals surface area contributed by atoms with Gasteiger partial charge in [-0.3, -0.25) is 9.36 Å². The molecule has 8 heteroatoms. The van der Waals surface area contributed by atoms with Gasteiger partial charge in [0.25, 0.3) is 0 Å². The van der Waals surface area contributed by atoms with Gasteiger partial charge < -0.3 is 25.0 Å². The second kappa shape index (κ2) is 8.54. The monoisotopic (exact) mass is 509 g/mol. The molecule has 0 unspecified atom stereocenters. The van der Waals surface area contributed by atoms with Crippen molar-refractivity contribution in [3.8, 4) is 29.3 Å². The van der Waals surface area contributed by atoms with Crippen LogP contribution in [0.1, 0.15) is 49.8 Å². The highest BCUT2D eigenvalue weighted by Gasteiger charge is 2.61. The van der Waals surface area contributed by atoms with Crippen molar-refractivity contribution >= 4 is 22.4 Å². The molecule has 2 aliphatic heterocycles. The standard InChI is InChI=1S/C30H27N3O5/c1-18(34)32-20-6-5-7-21(16-20)37-15-14-30-13-12-29(2,38-30)25-26(30)28(36)33(27(25)35)24-11-10-19(17-31)22-8-3-4-9-23(22)24/h3-11,16,35-36H,12-15H2,1-2H3,(H,32,34)/t29-,30-/m0/s1. The summed E-state index contributed by atoms with van der Waals surface area (Å²) in [5, 5.41) is 36.9. The molecule has 0 aliphatic carbocycles. The lowest BCUT2D eigenvalue weighted by Crippen LogP contribution is -2.25.